The summed E-state index contributed by atoms with van der Waals surface area (Å²) in [5, 5.41) is 14.5. The molecule has 0 fully saturated rings. The van der Waals surface area contributed by atoms with E-state index in [2.05, 4.69) is 5.10 Å². The van der Waals surface area contributed by atoms with Crippen molar-refractivity contribution in [2.45, 2.75) is 13.5 Å². The Bertz CT molecular complexity index is 737. The maximum Gasteiger partial charge on any atom is 0.392 e. The number of carbonyl (C=O) groups excluding carboxylic acids is 1. The zero-order valence-electron chi connectivity index (χ0n) is 11.1. The third kappa shape index (κ3) is 2.42. The molecule has 0 atom stereocenters. The number of ketones is 1. The van der Waals surface area contributed by atoms with Crippen LogP contribution in [0.2, 0.25) is 0 Å². The van der Waals surface area contributed by atoms with Gasteiger partial charge in [0.15, 0.2) is 17.3 Å². The summed E-state index contributed by atoms with van der Waals surface area (Å²) in [7, 11) is 0. The van der Waals surface area contributed by atoms with E-state index in [1.54, 1.807) is 25.1 Å². The fraction of sp³-hybridized carbons (Fsp3) is 0.231. The van der Waals surface area contributed by atoms with Crippen molar-refractivity contribution in [3.8, 4) is 11.5 Å². The Morgan fingerprint density at radius 2 is 2.19 bits per heavy atom. The van der Waals surface area contributed by atoms with Crippen molar-refractivity contribution < 1.29 is 19.2 Å². The first kappa shape index (κ1) is 13.1. The number of aryl methyl sites for hydroxylation is 1. The van der Waals surface area contributed by atoms with Gasteiger partial charge in [-0.1, -0.05) is 0 Å². The van der Waals surface area contributed by atoms with Gasteiger partial charge in [0.25, 0.3) is 0 Å². The number of nitrogens with zero attached hydrogens (tertiary/aromatic N) is 3. The molecule has 0 bridgehead atoms. The monoisotopic (exact) mass is 289 g/mol. The Labute approximate surface area is 119 Å². The quantitative estimate of drug-likeness (QED) is 0.483. The highest BCUT2D eigenvalue weighted by Crippen LogP contribution is 2.32. The van der Waals surface area contributed by atoms with Crippen LogP contribution in [-0.2, 0) is 6.54 Å². The SMILES string of the molecule is Cc1cn(CC(=O)c2ccc3c(c2)OCO3)nc1[N+](=O)[O-]. The van der Waals surface area contributed by atoms with Gasteiger partial charge in [0.05, 0.1) is 16.9 Å². The number of fused-ring (bicyclic) bond motifs is 1. The van der Waals surface area contributed by atoms with Gasteiger partial charge in [0.1, 0.15) is 6.54 Å². The molecule has 0 unspecified atom stereocenters. The Morgan fingerprint density at radius 1 is 1.43 bits per heavy atom. The number of Topliss-reactive ketones (excluding diaryl/α,β-unsaturated/α-hetero) is 1. The van der Waals surface area contributed by atoms with Crippen molar-refractivity contribution in [2.24, 2.45) is 0 Å². The van der Waals surface area contributed by atoms with Gasteiger partial charge >= 0.3 is 5.82 Å². The summed E-state index contributed by atoms with van der Waals surface area (Å²) in [6.45, 7) is 1.64. The first-order valence-corrected chi connectivity index (χ1v) is 6.16. The molecule has 1 aliphatic heterocycles. The lowest BCUT2D eigenvalue weighted by molar-refractivity contribution is -0.390. The van der Waals surface area contributed by atoms with Crippen molar-refractivity contribution >= 4 is 11.6 Å². The van der Waals surface area contributed by atoms with E-state index in [0.717, 1.165) is 0 Å². The van der Waals surface area contributed by atoms with Crippen LogP contribution in [0.1, 0.15) is 15.9 Å². The van der Waals surface area contributed by atoms with Crippen LogP contribution in [-0.4, -0.2) is 27.3 Å². The van der Waals surface area contributed by atoms with E-state index in [-0.39, 0.29) is 24.9 Å². The third-order valence-electron chi connectivity index (χ3n) is 3.09. The summed E-state index contributed by atoms with van der Waals surface area (Å²) in [6.07, 6.45) is 1.48. The molecule has 8 nitrogen and oxygen atoms in total. The number of nitro groups is 1. The molecule has 0 amide bonds. The van der Waals surface area contributed by atoms with Gasteiger partial charge in [-0.15, -0.1) is 0 Å². The molecule has 3 rings (SSSR count). The molecule has 2 aromatic rings. The Balaban J connectivity index is 1.80. The van der Waals surface area contributed by atoms with Crippen LogP contribution in [0.4, 0.5) is 5.82 Å². The van der Waals surface area contributed by atoms with Crippen LogP contribution in [0.25, 0.3) is 0 Å². The summed E-state index contributed by atoms with van der Waals surface area (Å²) >= 11 is 0. The van der Waals surface area contributed by atoms with Gasteiger partial charge in [-0.2, -0.15) is 4.68 Å². The average Bonchev–Trinajstić information content (AvgIpc) is 3.04. The lowest BCUT2D eigenvalue weighted by atomic mass is 10.1. The maximum absolute atomic E-state index is 12.2. The molecule has 2 heterocycles. The van der Waals surface area contributed by atoms with Crippen molar-refractivity contribution in [3.05, 3.63) is 45.6 Å². The molecule has 21 heavy (non-hydrogen) atoms. The molecule has 1 aromatic heterocycles. The summed E-state index contributed by atoms with van der Waals surface area (Å²) in [5.74, 6) is 0.653. The largest absolute Gasteiger partial charge is 0.454 e. The zero-order valence-corrected chi connectivity index (χ0v) is 11.1. The van der Waals surface area contributed by atoms with Crippen LogP contribution in [0.5, 0.6) is 11.5 Å². The average molecular weight is 289 g/mol. The normalized spacial score (nSPS) is 12.4. The van der Waals surface area contributed by atoms with Crippen molar-refractivity contribution in [3.63, 3.8) is 0 Å². The standard InChI is InChI=1S/C13H11N3O5/c1-8-5-15(14-13(8)16(18)19)6-10(17)9-2-3-11-12(4-9)21-7-20-11/h2-5H,6-7H2,1H3. The molecule has 0 spiro atoms. The summed E-state index contributed by atoms with van der Waals surface area (Å²) in [6, 6.07) is 4.88. The number of aromatic nitrogens is 2. The van der Waals surface area contributed by atoms with Gasteiger partial charge in [0, 0.05) is 5.56 Å². The molecule has 8 heteroatoms. The highest BCUT2D eigenvalue weighted by molar-refractivity contribution is 5.96. The zero-order chi connectivity index (χ0) is 15.0. The lowest BCUT2D eigenvalue weighted by Gasteiger charge is -2.01. The number of carbonyl (C=O) groups is 1. The van der Waals surface area contributed by atoms with Crippen LogP contribution in [0.3, 0.4) is 0 Å². The fourth-order valence-corrected chi connectivity index (χ4v) is 2.08. The van der Waals surface area contributed by atoms with Crippen LogP contribution >= 0.6 is 0 Å². The smallest absolute Gasteiger partial charge is 0.392 e. The topological polar surface area (TPSA) is 96.5 Å². The number of ether oxygens (including phenoxy) is 2. The van der Waals surface area contributed by atoms with Crippen molar-refractivity contribution in [1.82, 2.24) is 9.78 Å². The first-order valence-electron chi connectivity index (χ1n) is 6.16. The molecular formula is C13H11N3O5. The summed E-state index contributed by atoms with van der Waals surface area (Å²) in [4.78, 5) is 22.3. The van der Waals surface area contributed by atoms with Crippen LogP contribution in [0, 0.1) is 17.0 Å². The Hall–Kier alpha value is -2.90. The minimum absolute atomic E-state index is 0.0751. The highest BCUT2D eigenvalue weighted by Gasteiger charge is 2.20. The van der Waals surface area contributed by atoms with Gasteiger partial charge < -0.3 is 19.6 Å². The molecule has 1 aromatic carbocycles. The van der Waals surface area contributed by atoms with Gasteiger partial charge in [0.2, 0.25) is 6.79 Å². The molecule has 1 aliphatic rings. The van der Waals surface area contributed by atoms with E-state index in [1.807, 2.05) is 0 Å². The molecular weight excluding hydrogens is 278 g/mol. The van der Waals surface area contributed by atoms with Crippen molar-refractivity contribution in [2.75, 3.05) is 6.79 Å². The Morgan fingerprint density at radius 3 is 2.90 bits per heavy atom. The third-order valence-corrected chi connectivity index (χ3v) is 3.09. The van der Waals surface area contributed by atoms with Crippen LogP contribution < -0.4 is 9.47 Å². The molecule has 0 N–H and O–H groups in total. The fourth-order valence-electron chi connectivity index (χ4n) is 2.08. The molecule has 0 radical (unpaired) electrons. The highest BCUT2D eigenvalue weighted by atomic mass is 16.7. The predicted octanol–water partition coefficient (Wildman–Crippen LogP) is 1.71. The van der Waals surface area contributed by atoms with Gasteiger partial charge in [-0.05, 0) is 30.0 Å². The minimum Gasteiger partial charge on any atom is -0.454 e. The van der Waals surface area contributed by atoms with Crippen LogP contribution in [0.15, 0.2) is 24.4 Å². The van der Waals surface area contributed by atoms with E-state index in [4.69, 9.17) is 9.47 Å². The minimum atomic E-state index is -0.573. The Kier molecular flexibility index (Phi) is 3.05. The first-order chi connectivity index (χ1) is 10.0. The molecule has 0 aliphatic carbocycles. The molecule has 108 valence electrons. The van der Waals surface area contributed by atoms with Gasteiger partial charge in [-0.3, -0.25) is 4.79 Å². The second-order valence-corrected chi connectivity index (χ2v) is 4.58. The number of hydrogen-bond donors (Lipinski definition) is 0. The second kappa shape index (κ2) is 4.89. The molecule has 0 saturated carbocycles. The van der Waals surface area contributed by atoms with Gasteiger partial charge in [-0.25, -0.2) is 0 Å². The van der Waals surface area contributed by atoms with E-state index in [1.165, 1.54) is 10.9 Å². The van der Waals surface area contributed by atoms with E-state index >= 15 is 0 Å². The summed E-state index contributed by atoms with van der Waals surface area (Å²) < 4.78 is 11.6. The van der Waals surface area contributed by atoms with E-state index < -0.39 is 4.92 Å². The van der Waals surface area contributed by atoms with Crippen molar-refractivity contribution in [1.29, 1.82) is 0 Å². The maximum atomic E-state index is 12.2. The van der Waals surface area contributed by atoms with E-state index in [9.17, 15) is 14.9 Å². The second-order valence-electron chi connectivity index (χ2n) is 4.58. The predicted molar refractivity (Wildman–Crippen MR) is 70.5 cm³/mol. The number of benzene rings is 1. The van der Waals surface area contributed by atoms with E-state index in [0.29, 0.717) is 22.6 Å². The number of rotatable bonds is 4. The molecule has 0 saturated heterocycles. The number of hydrogen-bond acceptors (Lipinski definition) is 6. The summed E-state index contributed by atoms with van der Waals surface area (Å²) in [5.41, 5.74) is 0.855. The lowest BCUT2D eigenvalue weighted by Crippen LogP contribution is -2.11.